The maximum Gasteiger partial charge on any atom is 0.187 e. The van der Waals surface area contributed by atoms with E-state index in [2.05, 4.69) is 13.0 Å². The Balaban J connectivity index is 1.79. The van der Waals surface area contributed by atoms with E-state index in [0.717, 1.165) is 5.57 Å². The number of allylic oxidation sites excluding steroid dienone is 1. The molecule has 4 aliphatic rings. The van der Waals surface area contributed by atoms with Gasteiger partial charge in [-0.3, -0.25) is 9.59 Å². The SMILES string of the molecule is CC(C)(O)/C=C/C(=O)[C@](C)(O)[C@H]1[C@H](O)C[C@@]2(C)[C@@H]3CC=C4[C@@H](CC(=O)[C@@H](O)C4(C)C)[C@]3(C)C(O)C[C@]12C. The summed E-state index contributed by atoms with van der Waals surface area (Å²) in [5.41, 5.74) is -4.85. The number of aliphatic hydroxyl groups is 5. The van der Waals surface area contributed by atoms with Crippen molar-refractivity contribution in [2.24, 2.45) is 39.4 Å². The molecular formula is C30H46O7. The third kappa shape index (κ3) is 3.79. The van der Waals surface area contributed by atoms with Crippen LogP contribution in [0, 0.1) is 39.4 Å². The van der Waals surface area contributed by atoms with E-state index in [0.29, 0.717) is 12.8 Å². The van der Waals surface area contributed by atoms with Crippen molar-refractivity contribution in [2.45, 2.75) is 111 Å². The van der Waals surface area contributed by atoms with Crippen molar-refractivity contribution in [3.05, 3.63) is 23.8 Å². The van der Waals surface area contributed by atoms with E-state index in [1.807, 2.05) is 27.7 Å². The molecule has 0 spiro atoms. The van der Waals surface area contributed by atoms with E-state index in [-0.39, 0.29) is 30.5 Å². The molecule has 0 radical (unpaired) electrons. The highest BCUT2D eigenvalue weighted by molar-refractivity contribution is 5.97. The monoisotopic (exact) mass is 518 g/mol. The average Bonchev–Trinajstić information content (AvgIpc) is 2.96. The quantitative estimate of drug-likeness (QED) is 0.285. The van der Waals surface area contributed by atoms with Gasteiger partial charge >= 0.3 is 0 Å². The zero-order valence-electron chi connectivity index (χ0n) is 23.6. The molecule has 7 nitrogen and oxygen atoms in total. The van der Waals surface area contributed by atoms with Gasteiger partial charge in [-0.05, 0) is 68.8 Å². The predicted octanol–water partition coefficient (Wildman–Crippen LogP) is 2.72. The number of rotatable bonds is 4. The largest absolute Gasteiger partial charge is 0.393 e. The maximum atomic E-state index is 13.2. The van der Waals surface area contributed by atoms with Crippen molar-refractivity contribution in [2.75, 3.05) is 0 Å². The fourth-order valence-corrected chi connectivity index (χ4v) is 9.23. The van der Waals surface area contributed by atoms with Gasteiger partial charge in [0.25, 0.3) is 0 Å². The van der Waals surface area contributed by atoms with E-state index in [4.69, 9.17) is 0 Å². The highest BCUT2D eigenvalue weighted by Crippen LogP contribution is 2.75. The second-order valence-corrected chi connectivity index (χ2v) is 14.5. The summed E-state index contributed by atoms with van der Waals surface area (Å²) in [5.74, 6) is -1.98. The van der Waals surface area contributed by atoms with Crippen molar-refractivity contribution in [3.8, 4) is 0 Å². The lowest BCUT2D eigenvalue weighted by atomic mass is 9.38. The summed E-state index contributed by atoms with van der Waals surface area (Å²) >= 11 is 0. The molecule has 0 aromatic heterocycles. The molecule has 3 saturated carbocycles. The molecular weight excluding hydrogens is 472 g/mol. The molecule has 0 aliphatic heterocycles. The lowest BCUT2D eigenvalue weighted by Crippen LogP contribution is -2.66. The Labute approximate surface area is 220 Å². The summed E-state index contributed by atoms with van der Waals surface area (Å²) < 4.78 is 0. The van der Waals surface area contributed by atoms with Crippen LogP contribution in [0.5, 0.6) is 0 Å². The highest BCUT2D eigenvalue weighted by Gasteiger charge is 2.74. The van der Waals surface area contributed by atoms with Gasteiger partial charge in [0.15, 0.2) is 11.6 Å². The van der Waals surface area contributed by atoms with Crippen LogP contribution in [0.15, 0.2) is 23.8 Å². The minimum absolute atomic E-state index is 0.112. The topological polar surface area (TPSA) is 135 Å². The van der Waals surface area contributed by atoms with E-state index < -0.39 is 62.9 Å². The molecule has 4 rings (SSSR count). The molecule has 0 heterocycles. The van der Waals surface area contributed by atoms with Gasteiger partial charge in [0.05, 0.1) is 17.8 Å². The second-order valence-electron chi connectivity index (χ2n) is 14.5. The van der Waals surface area contributed by atoms with Gasteiger partial charge in [-0.2, -0.15) is 0 Å². The van der Waals surface area contributed by atoms with Crippen LogP contribution in [0.4, 0.5) is 0 Å². The summed E-state index contributed by atoms with van der Waals surface area (Å²) in [5, 5.41) is 55.7. The van der Waals surface area contributed by atoms with Crippen LogP contribution in [0.25, 0.3) is 0 Å². The Kier molecular flexibility index (Phi) is 6.43. The van der Waals surface area contributed by atoms with Crippen molar-refractivity contribution < 1.29 is 35.1 Å². The van der Waals surface area contributed by atoms with Crippen LogP contribution in [0.3, 0.4) is 0 Å². The first-order valence-electron chi connectivity index (χ1n) is 13.6. The number of carbonyl (C=O) groups is 2. The fourth-order valence-electron chi connectivity index (χ4n) is 9.23. The van der Waals surface area contributed by atoms with Crippen LogP contribution in [-0.4, -0.2) is 66.6 Å². The van der Waals surface area contributed by atoms with E-state index >= 15 is 0 Å². The van der Waals surface area contributed by atoms with Crippen LogP contribution in [0.1, 0.15) is 81.1 Å². The van der Waals surface area contributed by atoms with Gasteiger partial charge in [-0.1, -0.05) is 52.3 Å². The molecule has 4 aliphatic carbocycles. The summed E-state index contributed by atoms with van der Waals surface area (Å²) in [6.45, 7) is 14.4. The second kappa shape index (κ2) is 8.31. The zero-order valence-corrected chi connectivity index (χ0v) is 23.6. The Morgan fingerprint density at radius 1 is 1.00 bits per heavy atom. The van der Waals surface area contributed by atoms with Crippen LogP contribution in [0.2, 0.25) is 0 Å². The summed E-state index contributed by atoms with van der Waals surface area (Å²) in [6.07, 6.45) is 3.16. The number of carbonyl (C=O) groups excluding carboxylic acids is 2. The molecule has 0 aromatic rings. The fraction of sp³-hybridized carbons (Fsp3) is 0.800. The van der Waals surface area contributed by atoms with Crippen molar-refractivity contribution in [1.29, 1.82) is 0 Å². The van der Waals surface area contributed by atoms with E-state index in [9.17, 15) is 35.1 Å². The Hall–Kier alpha value is -1.38. The van der Waals surface area contributed by atoms with Gasteiger partial charge in [0, 0.05) is 23.2 Å². The number of aliphatic hydroxyl groups excluding tert-OH is 3. The average molecular weight is 519 g/mol. The smallest absolute Gasteiger partial charge is 0.187 e. The van der Waals surface area contributed by atoms with Crippen molar-refractivity contribution in [3.63, 3.8) is 0 Å². The van der Waals surface area contributed by atoms with Gasteiger partial charge in [0.1, 0.15) is 11.7 Å². The lowest BCUT2D eigenvalue weighted by Gasteiger charge is -2.67. The van der Waals surface area contributed by atoms with Crippen molar-refractivity contribution in [1.82, 2.24) is 0 Å². The molecule has 0 amide bonds. The summed E-state index contributed by atoms with van der Waals surface area (Å²) in [4.78, 5) is 26.1. The van der Waals surface area contributed by atoms with Crippen LogP contribution < -0.4 is 0 Å². The predicted molar refractivity (Wildman–Crippen MR) is 139 cm³/mol. The molecule has 10 atom stereocenters. The van der Waals surface area contributed by atoms with Gasteiger partial charge < -0.3 is 25.5 Å². The minimum Gasteiger partial charge on any atom is -0.393 e. The Morgan fingerprint density at radius 3 is 2.16 bits per heavy atom. The molecule has 3 fully saturated rings. The normalized spacial score (nSPS) is 47.1. The first-order valence-corrected chi connectivity index (χ1v) is 13.6. The Morgan fingerprint density at radius 2 is 1.59 bits per heavy atom. The van der Waals surface area contributed by atoms with Gasteiger partial charge in [-0.25, -0.2) is 0 Å². The standard InChI is InChI=1S/C30H46O7/c1-25(2,36)12-11-21(33)30(8,37)23-19(32)14-27(5)20-10-9-16-17(13-18(31)24(35)26(16,3)4)29(20,7)22(34)15-28(23,27)6/h9,11-12,17,19-20,22-24,32,34-37H,10,13-15H2,1-8H3/b12-11+/t17-,19-,20+,22?,23+,24-,27+,28-,29+,30+/m1/s1. The first-order chi connectivity index (χ1) is 16.7. The van der Waals surface area contributed by atoms with Crippen LogP contribution in [-0.2, 0) is 9.59 Å². The number of Topliss-reactive ketones (excluding diaryl/α,β-unsaturated/α-hetero) is 1. The molecule has 208 valence electrons. The summed E-state index contributed by atoms with van der Waals surface area (Å²) in [7, 11) is 0. The minimum atomic E-state index is -1.91. The van der Waals surface area contributed by atoms with Gasteiger partial charge in [0.2, 0.25) is 0 Å². The maximum absolute atomic E-state index is 13.2. The number of ketones is 2. The first kappa shape index (κ1) is 28.6. The van der Waals surface area contributed by atoms with Crippen LogP contribution >= 0.6 is 0 Å². The highest BCUT2D eigenvalue weighted by atomic mass is 16.3. The lowest BCUT2D eigenvalue weighted by molar-refractivity contribution is -0.214. The molecule has 0 saturated heterocycles. The van der Waals surface area contributed by atoms with Crippen molar-refractivity contribution >= 4 is 11.6 Å². The van der Waals surface area contributed by atoms with E-state index in [1.165, 1.54) is 32.9 Å². The molecule has 0 aromatic carbocycles. The molecule has 37 heavy (non-hydrogen) atoms. The number of fused-ring (bicyclic) bond motifs is 5. The Bertz CT molecular complexity index is 1050. The molecule has 5 N–H and O–H groups in total. The molecule has 1 unspecified atom stereocenters. The third-order valence-corrected chi connectivity index (χ3v) is 11.4. The molecule has 0 bridgehead atoms. The third-order valence-electron chi connectivity index (χ3n) is 11.4. The number of hydrogen-bond acceptors (Lipinski definition) is 7. The van der Waals surface area contributed by atoms with Gasteiger partial charge in [-0.15, -0.1) is 0 Å². The number of hydrogen-bond donors (Lipinski definition) is 5. The zero-order chi connectivity index (χ0) is 28.1. The van der Waals surface area contributed by atoms with E-state index in [1.54, 1.807) is 0 Å². The molecule has 7 heteroatoms. The summed E-state index contributed by atoms with van der Waals surface area (Å²) in [6, 6.07) is 0.